The van der Waals surface area contributed by atoms with Gasteiger partial charge in [0, 0.05) is 32.3 Å². The van der Waals surface area contributed by atoms with E-state index in [0.29, 0.717) is 0 Å². The molecule has 0 spiro atoms. The molecule has 0 aromatic rings. The molecular formula is C13H20F3N3O2. The van der Waals surface area contributed by atoms with E-state index in [9.17, 15) is 18.0 Å². The highest BCUT2D eigenvalue weighted by atomic mass is 19.4. The number of alkyl halides is 3. The molecule has 3 heterocycles. The van der Waals surface area contributed by atoms with Crippen LogP contribution in [0.2, 0.25) is 0 Å². The van der Waals surface area contributed by atoms with Crippen molar-refractivity contribution in [1.29, 1.82) is 0 Å². The number of carbonyl (C=O) groups excluding carboxylic acids is 1. The summed E-state index contributed by atoms with van der Waals surface area (Å²) < 4.78 is 43.6. The topological polar surface area (TPSA) is 36.0 Å². The number of hydrogen-bond acceptors (Lipinski definition) is 3. The fraction of sp³-hybridized carbons (Fsp3) is 0.923. The van der Waals surface area contributed by atoms with Crippen molar-refractivity contribution < 1.29 is 22.7 Å². The number of rotatable bonds is 1. The van der Waals surface area contributed by atoms with Gasteiger partial charge in [0.2, 0.25) is 0 Å². The third-order valence-electron chi connectivity index (χ3n) is 4.96. The van der Waals surface area contributed by atoms with Crippen molar-refractivity contribution in [2.45, 2.75) is 36.7 Å². The van der Waals surface area contributed by atoms with E-state index in [4.69, 9.17) is 0 Å². The lowest BCUT2D eigenvalue weighted by molar-refractivity contribution is -0.304. The predicted octanol–water partition coefficient (Wildman–Crippen LogP) is 1.15. The first kappa shape index (κ1) is 14.9. The molecule has 3 fully saturated rings. The SMILES string of the molecule is COC1(C(F)(F)F)CN(C(=O)N2C3CCC2CN(C)C3)C1. The van der Waals surface area contributed by atoms with Crippen molar-refractivity contribution in [3.05, 3.63) is 0 Å². The lowest BCUT2D eigenvalue weighted by Gasteiger charge is -2.52. The summed E-state index contributed by atoms with van der Waals surface area (Å²) in [6.45, 7) is 0.783. The monoisotopic (exact) mass is 307 g/mol. The maximum Gasteiger partial charge on any atom is 0.420 e. The molecule has 8 heteroatoms. The van der Waals surface area contributed by atoms with Gasteiger partial charge in [0.15, 0.2) is 5.60 Å². The van der Waals surface area contributed by atoms with Crippen LogP contribution >= 0.6 is 0 Å². The molecule has 0 aromatic heterocycles. The van der Waals surface area contributed by atoms with E-state index in [0.717, 1.165) is 33.0 Å². The molecule has 120 valence electrons. The second-order valence-electron chi connectivity index (χ2n) is 6.35. The van der Waals surface area contributed by atoms with Gasteiger partial charge in [-0.15, -0.1) is 0 Å². The molecule has 2 atom stereocenters. The van der Waals surface area contributed by atoms with Gasteiger partial charge < -0.3 is 19.4 Å². The summed E-state index contributed by atoms with van der Waals surface area (Å²) >= 11 is 0. The largest absolute Gasteiger partial charge is 0.420 e. The average molecular weight is 307 g/mol. The van der Waals surface area contributed by atoms with Gasteiger partial charge in [0.25, 0.3) is 0 Å². The van der Waals surface area contributed by atoms with Crippen molar-refractivity contribution in [2.24, 2.45) is 0 Å². The normalized spacial score (nSPS) is 32.2. The van der Waals surface area contributed by atoms with E-state index in [-0.39, 0.29) is 18.1 Å². The number of halogens is 3. The Hall–Kier alpha value is -1.02. The summed E-state index contributed by atoms with van der Waals surface area (Å²) in [6, 6.07) is -0.0121. The first-order valence-electron chi connectivity index (χ1n) is 7.15. The lowest BCUT2D eigenvalue weighted by Crippen LogP contribution is -2.73. The van der Waals surface area contributed by atoms with Gasteiger partial charge >= 0.3 is 12.2 Å². The van der Waals surface area contributed by atoms with E-state index < -0.39 is 24.9 Å². The number of nitrogens with zero attached hydrogens (tertiary/aromatic N) is 3. The zero-order valence-electron chi connectivity index (χ0n) is 12.2. The van der Waals surface area contributed by atoms with E-state index in [1.165, 1.54) is 4.90 Å². The number of methoxy groups -OCH3 is 1. The van der Waals surface area contributed by atoms with Crippen LogP contribution in [0.15, 0.2) is 0 Å². The molecule has 21 heavy (non-hydrogen) atoms. The second kappa shape index (κ2) is 4.74. The molecule has 0 saturated carbocycles. The molecule has 0 radical (unpaired) electrons. The van der Waals surface area contributed by atoms with Crippen LogP contribution in [0.5, 0.6) is 0 Å². The van der Waals surface area contributed by atoms with Gasteiger partial charge in [0.05, 0.1) is 13.1 Å². The first-order valence-corrected chi connectivity index (χ1v) is 7.15. The van der Waals surface area contributed by atoms with E-state index in [1.54, 1.807) is 4.90 Å². The smallest absolute Gasteiger partial charge is 0.365 e. The average Bonchev–Trinajstić information content (AvgIpc) is 2.59. The van der Waals surface area contributed by atoms with Crippen LogP contribution in [0, 0.1) is 0 Å². The van der Waals surface area contributed by atoms with Crippen LogP contribution < -0.4 is 0 Å². The zero-order chi connectivity index (χ0) is 15.4. The van der Waals surface area contributed by atoms with Crippen LogP contribution in [0.25, 0.3) is 0 Å². The maximum absolute atomic E-state index is 13.0. The number of hydrogen-bond donors (Lipinski definition) is 0. The number of likely N-dealkylation sites (N-methyl/N-ethyl adjacent to an activating group) is 1. The van der Waals surface area contributed by atoms with Gasteiger partial charge in [-0.2, -0.15) is 13.2 Å². The van der Waals surface area contributed by atoms with Crippen molar-refractivity contribution in [2.75, 3.05) is 40.3 Å². The van der Waals surface area contributed by atoms with Gasteiger partial charge in [0.1, 0.15) is 0 Å². The molecule has 0 aliphatic carbocycles. The van der Waals surface area contributed by atoms with Crippen LogP contribution in [0.3, 0.4) is 0 Å². The van der Waals surface area contributed by atoms with Crippen molar-refractivity contribution in [3.8, 4) is 0 Å². The summed E-state index contributed by atoms with van der Waals surface area (Å²) in [5, 5.41) is 0. The molecular weight excluding hydrogens is 287 g/mol. The van der Waals surface area contributed by atoms with Crippen molar-refractivity contribution >= 4 is 6.03 Å². The van der Waals surface area contributed by atoms with Crippen molar-refractivity contribution in [1.82, 2.24) is 14.7 Å². The first-order chi connectivity index (χ1) is 9.77. The molecule has 3 aliphatic rings. The summed E-state index contributed by atoms with van der Waals surface area (Å²) in [6.07, 6.45) is -2.58. The minimum Gasteiger partial charge on any atom is -0.365 e. The number of amides is 2. The Morgan fingerprint density at radius 1 is 1.19 bits per heavy atom. The number of likely N-dealkylation sites (tertiary alicyclic amines) is 2. The van der Waals surface area contributed by atoms with E-state index in [1.807, 2.05) is 7.05 Å². The molecule has 5 nitrogen and oxygen atoms in total. The maximum atomic E-state index is 13.0. The number of urea groups is 1. The molecule has 3 rings (SSSR count). The Bertz CT molecular complexity index is 423. The molecule has 2 amide bonds. The van der Waals surface area contributed by atoms with Crippen LogP contribution in [0.1, 0.15) is 12.8 Å². The summed E-state index contributed by atoms with van der Waals surface area (Å²) in [5.41, 5.74) is -2.19. The van der Waals surface area contributed by atoms with Gasteiger partial charge in [-0.3, -0.25) is 0 Å². The number of carbonyl (C=O) groups is 1. The van der Waals surface area contributed by atoms with Gasteiger partial charge in [-0.25, -0.2) is 4.79 Å². The highest BCUT2D eigenvalue weighted by Gasteiger charge is 2.64. The van der Waals surface area contributed by atoms with E-state index in [2.05, 4.69) is 9.64 Å². The Morgan fingerprint density at radius 2 is 1.71 bits per heavy atom. The highest BCUT2D eigenvalue weighted by Crippen LogP contribution is 2.42. The lowest BCUT2D eigenvalue weighted by atomic mass is 9.93. The highest BCUT2D eigenvalue weighted by molar-refractivity contribution is 5.77. The predicted molar refractivity (Wildman–Crippen MR) is 68.9 cm³/mol. The zero-order valence-corrected chi connectivity index (χ0v) is 12.2. The van der Waals surface area contributed by atoms with Crippen LogP contribution in [0.4, 0.5) is 18.0 Å². The van der Waals surface area contributed by atoms with Crippen LogP contribution in [-0.4, -0.2) is 84.9 Å². The Labute approximate surface area is 121 Å². The minimum atomic E-state index is -4.44. The van der Waals surface area contributed by atoms with E-state index >= 15 is 0 Å². The second-order valence-corrected chi connectivity index (χ2v) is 6.35. The standard InChI is InChI=1S/C13H20F3N3O2/c1-17-5-9-3-4-10(6-17)19(9)11(20)18-7-12(8-18,21-2)13(14,15)16/h9-10H,3-8H2,1-2H3. The molecule has 0 N–H and O–H groups in total. The summed E-state index contributed by atoms with van der Waals surface area (Å²) in [4.78, 5) is 17.7. The summed E-state index contributed by atoms with van der Waals surface area (Å²) in [7, 11) is 3.06. The summed E-state index contributed by atoms with van der Waals surface area (Å²) in [5.74, 6) is 0. The Morgan fingerprint density at radius 3 is 2.14 bits per heavy atom. The molecule has 0 aromatic carbocycles. The fourth-order valence-corrected chi connectivity index (χ4v) is 3.72. The number of piperazine rings is 1. The molecule has 2 bridgehead atoms. The Kier molecular flexibility index (Phi) is 3.36. The van der Waals surface area contributed by atoms with Crippen LogP contribution in [-0.2, 0) is 4.74 Å². The quantitative estimate of drug-likeness (QED) is 0.729. The van der Waals surface area contributed by atoms with Gasteiger partial charge in [-0.1, -0.05) is 0 Å². The fourth-order valence-electron chi connectivity index (χ4n) is 3.72. The Balaban J connectivity index is 1.67. The van der Waals surface area contributed by atoms with Gasteiger partial charge in [-0.05, 0) is 19.9 Å². The minimum absolute atomic E-state index is 0.129. The third-order valence-corrected chi connectivity index (χ3v) is 4.96. The molecule has 2 unspecified atom stereocenters. The number of ether oxygens (including phenoxy) is 1. The molecule has 3 aliphatic heterocycles. The molecule has 3 saturated heterocycles. The third kappa shape index (κ3) is 2.19. The number of fused-ring (bicyclic) bond motifs is 2. The van der Waals surface area contributed by atoms with Crippen molar-refractivity contribution in [3.63, 3.8) is 0 Å².